The highest BCUT2D eigenvalue weighted by molar-refractivity contribution is 5.81. The number of alkyl halides is 2. The van der Waals surface area contributed by atoms with E-state index < -0.39 is 41.6 Å². The van der Waals surface area contributed by atoms with Crippen molar-refractivity contribution in [2.75, 3.05) is 0 Å². The summed E-state index contributed by atoms with van der Waals surface area (Å²) in [4.78, 5) is 23.8. The van der Waals surface area contributed by atoms with Crippen molar-refractivity contribution < 1.29 is 28.2 Å². The summed E-state index contributed by atoms with van der Waals surface area (Å²) in [5.41, 5.74) is -0.850. The topological polar surface area (TPSA) is 66.8 Å². The van der Waals surface area contributed by atoms with Crippen LogP contribution < -0.4 is 0 Å². The number of piperidine rings is 1. The van der Waals surface area contributed by atoms with Gasteiger partial charge in [-0.05, 0) is 33.6 Å². The van der Waals surface area contributed by atoms with Crippen molar-refractivity contribution in [1.29, 1.82) is 0 Å². The van der Waals surface area contributed by atoms with Gasteiger partial charge in [0.25, 0.3) is 5.92 Å². The zero-order chi connectivity index (χ0) is 14.6. The van der Waals surface area contributed by atoms with Crippen molar-refractivity contribution >= 4 is 12.1 Å². The quantitative estimate of drug-likeness (QED) is 0.797. The molecule has 0 radical (unpaired) electrons. The molecule has 1 saturated heterocycles. The second-order valence-electron chi connectivity index (χ2n) is 6.04. The van der Waals surface area contributed by atoms with Crippen LogP contribution in [0.1, 0.15) is 33.6 Å². The summed E-state index contributed by atoms with van der Waals surface area (Å²) >= 11 is 0. The average Bonchev–Trinajstić information content (AvgIpc) is 2.78. The van der Waals surface area contributed by atoms with Gasteiger partial charge in [0.15, 0.2) is 0 Å². The number of nitrogens with zero attached hydrogens (tertiary/aromatic N) is 1. The Labute approximate surface area is 109 Å². The highest BCUT2D eigenvalue weighted by atomic mass is 19.3. The first kappa shape index (κ1) is 14.0. The molecule has 0 unspecified atom stereocenters. The van der Waals surface area contributed by atoms with Gasteiger partial charge in [-0.15, -0.1) is 0 Å². The fraction of sp³-hybridized carbons (Fsp3) is 0.833. The van der Waals surface area contributed by atoms with Crippen molar-refractivity contribution in [3.63, 3.8) is 0 Å². The molecule has 0 bridgehead atoms. The molecular weight excluding hydrogens is 260 g/mol. The van der Waals surface area contributed by atoms with E-state index in [2.05, 4.69) is 0 Å². The van der Waals surface area contributed by atoms with Crippen LogP contribution in [-0.4, -0.2) is 45.7 Å². The molecule has 2 fully saturated rings. The van der Waals surface area contributed by atoms with Crippen molar-refractivity contribution in [2.45, 2.75) is 57.2 Å². The number of hydrogen-bond donors (Lipinski definition) is 1. The number of aliphatic carboxylic acids is 1. The number of likely N-dealkylation sites (tertiary alicyclic amines) is 1. The molecule has 0 aromatic rings. The number of fused-ring (bicyclic) bond motifs is 1. The number of halogens is 2. The SMILES string of the molecule is CC(C)(C)OC(=O)N1[C@@H](C(=O)O)CC[C@@H]2[C@H]1C2(F)F. The molecule has 1 saturated carbocycles. The summed E-state index contributed by atoms with van der Waals surface area (Å²) in [5.74, 6) is -5.20. The third kappa shape index (κ3) is 2.37. The lowest BCUT2D eigenvalue weighted by atomic mass is 10.0. The van der Waals surface area contributed by atoms with Gasteiger partial charge in [-0.1, -0.05) is 0 Å². The third-order valence-corrected chi connectivity index (χ3v) is 3.44. The Balaban J connectivity index is 2.22. The highest BCUT2D eigenvalue weighted by Crippen LogP contribution is 2.58. The van der Waals surface area contributed by atoms with Gasteiger partial charge in [-0.2, -0.15) is 0 Å². The highest BCUT2D eigenvalue weighted by Gasteiger charge is 2.74. The van der Waals surface area contributed by atoms with Crippen LogP contribution in [-0.2, 0) is 9.53 Å². The Kier molecular flexibility index (Phi) is 2.98. The van der Waals surface area contributed by atoms with Crippen LogP contribution in [0.2, 0.25) is 0 Å². The van der Waals surface area contributed by atoms with Crippen LogP contribution in [0, 0.1) is 5.92 Å². The van der Waals surface area contributed by atoms with Crippen LogP contribution in [0.25, 0.3) is 0 Å². The minimum absolute atomic E-state index is 0.0331. The second kappa shape index (κ2) is 4.05. The van der Waals surface area contributed by atoms with E-state index in [9.17, 15) is 18.4 Å². The van der Waals surface area contributed by atoms with Gasteiger partial charge in [0.2, 0.25) is 0 Å². The van der Waals surface area contributed by atoms with E-state index in [4.69, 9.17) is 9.84 Å². The van der Waals surface area contributed by atoms with Crippen LogP contribution in [0.5, 0.6) is 0 Å². The maximum atomic E-state index is 13.5. The lowest BCUT2D eigenvalue weighted by molar-refractivity contribution is -0.144. The minimum Gasteiger partial charge on any atom is -0.480 e. The van der Waals surface area contributed by atoms with E-state index in [0.717, 1.165) is 0 Å². The predicted octanol–water partition coefficient (Wildman–Crippen LogP) is 2.10. The summed E-state index contributed by atoms with van der Waals surface area (Å²) in [7, 11) is 0. The maximum Gasteiger partial charge on any atom is 0.411 e. The molecule has 0 aromatic carbocycles. The molecule has 108 valence electrons. The average molecular weight is 277 g/mol. The number of hydrogen-bond acceptors (Lipinski definition) is 3. The fourth-order valence-electron chi connectivity index (χ4n) is 2.57. The van der Waals surface area contributed by atoms with Gasteiger partial charge in [0.05, 0.1) is 5.92 Å². The summed E-state index contributed by atoms with van der Waals surface area (Å²) in [6.07, 6.45) is -0.828. The number of amides is 1. The predicted molar refractivity (Wildman–Crippen MR) is 61.0 cm³/mol. The Morgan fingerprint density at radius 1 is 1.32 bits per heavy atom. The zero-order valence-corrected chi connectivity index (χ0v) is 11.0. The molecule has 5 nitrogen and oxygen atoms in total. The molecule has 2 aliphatic rings. The standard InChI is InChI=1S/C12H17F2NO4/c1-11(2,3)19-10(18)15-7(9(16)17)5-4-6-8(15)12(6,13)14/h6-8H,4-5H2,1-3H3,(H,16,17)/t6-,7-,8+/m1/s1. The monoisotopic (exact) mass is 277 g/mol. The van der Waals surface area contributed by atoms with Gasteiger partial charge < -0.3 is 9.84 Å². The molecule has 2 rings (SSSR count). The second-order valence-corrected chi connectivity index (χ2v) is 6.04. The number of carboxylic acid groups (broad SMARTS) is 1. The van der Waals surface area contributed by atoms with Gasteiger partial charge in [-0.25, -0.2) is 18.4 Å². The summed E-state index contributed by atoms with van der Waals surface area (Å²) in [6.45, 7) is 4.81. The van der Waals surface area contributed by atoms with E-state index in [1.165, 1.54) is 0 Å². The smallest absolute Gasteiger partial charge is 0.411 e. The van der Waals surface area contributed by atoms with Crippen LogP contribution >= 0.6 is 0 Å². The molecule has 3 atom stereocenters. The van der Waals surface area contributed by atoms with E-state index >= 15 is 0 Å². The van der Waals surface area contributed by atoms with E-state index in [1.54, 1.807) is 20.8 Å². The lowest BCUT2D eigenvalue weighted by Crippen LogP contribution is -2.51. The third-order valence-electron chi connectivity index (χ3n) is 3.44. The molecule has 1 heterocycles. The lowest BCUT2D eigenvalue weighted by Gasteiger charge is -2.33. The molecule has 1 amide bonds. The van der Waals surface area contributed by atoms with Gasteiger partial charge in [0, 0.05) is 0 Å². The van der Waals surface area contributed by atoms with Crippen LogP contribution in [0.15, 0.2) is 0 Å². The van der Waals surface area contributed by atoms with Gasteiger partial charge >= 0.3 is 12.1 Å². The number of carboxylic acids is 1. The van der Waals surface area contributed by atoms with Crippen molar-refractivity contribution in [2.24, 2.45) is 5.92 Å². The molecule has 0 aromatic heterocycles. The maximum absolute atomic E-state index is 13.5. The van der Waals surface area contributed by atoms with E-state index in [1.807, 2.05) is 0 Å². The van der Waals surface area contributed by atoms with Crippen molar-refractivity contribution in [3.8, 4) is 0 Å². The number of rotatable bonds is 1. The van der Waals surface area contributed by atoms with Crippen LogP contribution in [0.4, 0.5) is 13.6 Å². The number of carbonyl (C=O) groups excluding carboxylic acids is 1. The zero-order valence-electron chi connectivity index (χ0n) is 11.0. The molecule has 1 aliphatic carbocycles. The van der Waals surface area contributed by atoms with Gasteiger partial charge in [0.1, 0.15) is 17.7 Å². The molecule has 0 spiro atoms. The summed E-state index contributed by atoms with van der Waals surface area (Å²) < 4.78 is 32.1. The first-order valence-electron chi connectivity index (χ1n) is 6.17. The van der Waals surface area contributed by atoms with Crippen molar-refractivity contribution in [3.05, 3.63) is 0 Å². The summed E-state index contributed by atoms with van der Waals surface area (Å²) in [5, 5.41) is 9.07. The fourth-order valence-corrected chi connectivity index (χ4v) is 2.57. The molecule has 1 aliphatic heterocycles. The van der Waals surface area contributed by atoms with Crippen molar-refractivity contribution in [1.82, 2.24) is 4.90 Å². The molecular formula is C12H17F2NO4. The van der Waals surface area contributed by atoms with E-state index in [0.29, 0.717) is 4.90 Å². The Morgan fingerprint density at radius 2 is 1.89 bits per heavy atom. The number of carbonyl (C=O) groups is 2. The normalized spacial score (nSPS) is 32.5. The first-order chi connectivity index (χ1) is 8.55. The first-order valence-corrected chi connectivity index (χ1v) is 6.17. The largest absolute Gasteiger partial charge is 0.480 e. The molecule has 7 heteroatoms. The summed E-state index contributed by atoms with van der Waals surface area (Å²) in [6, 6.07) is -2.57. The van der Waals surface area contributed by atoms with Gasteiger partial charge in [-0.3, -0.25) is 4.90 Å². The number of ether oxygens (including phenoxy) is 1. The molecule has 1 N–H and O–H groups in total. The Bertz CT molecular complexity index is 418. The van der Waals surface area contributed by atoms with Crippen LogP contribution in [0.3, 0.4) is 0 Å². The minimum atomic E-state index is -3.00. The van der Waals surface area contributed by atoms with E-state index in [-0.39, 0.29) is 12.8 Å². The Morgan fingerprint density at radius 3 is 2.37 bits per heavy atom. The Hall–Kier alpha value is -1.40. The molecule has 19 heavy (non-hydrogen) atoms.